The van der Waals surface area contributed by atoms with E-state index < -0.39 is 0 Å². The lowest BCUT2D eigenvalue weighted by atomic mass is 10.2. The van der Waals surface area contributed by atoms with Crippen LogP contribution >= 0.6 is 22.9 Å². The number of fused-ring (bicyclic) bond motifs is 1. The van der Waals surface area contributed by atoms with Gasteiger partial charge in [-0.1, -0.05) is 41.9 Å². The van der Waals surface area contributed by atoms with E-state index in [4.69, 9.17) is 11.6 Å². The molecular formula is C22H21ClN6O2S. The number of benzene rings is 2. The van der Waals surface area contributed by atoms with Crippen LogP contribution in [0.2, 0.25) is 5.02 Å². The molecule has 8 nitrogen and oxygen atoms in total. The van der Waals surface area contributed by atoms with Crippen LogP contribution in [0.4, 0.5) is 10.9 Å². The molecule has 32 heavy (non-hydrogen) atoms. The number of H-pyrrole nitrogens is 1. The number of aromatic amines is 1. The number of hydrogen-bond acceptors (Lipinski definition) is 7. The first-order valence-electron chi connectivity index (χ1n) is 10.0. The first kappa shape index (κ1) is 21.9. The number of nitrogens with zero attached hydrogens (tertiary/aromatic N) is 2. The number of anilines is 2. The lowest BCUT2D eigenvalue weighted by Gasteiger charge is -2.08. The fraction of sp³-hybridized carbons (Fsp3) is 0.182. The summed E-state index contributed by atoms with van der Waals surface area (Å²) in [4.78, 5) is 28.4. The maximum atomic E-state index is 12.2. The summed E-state index contributed by atoms with van der Waals surface area (Å²) >= 11 is 7.29. The molecule has 4 rings (SSSR count). The molecule has 4 N–H and O–H groups in total. The second-order valence-electron chi connectivity index (χ2n) is 7.00. The van der Waals surface area contributed by atoms with Crippen LogP contribution < -0.4 is 21.5 Å². The monoisotopic (exact) mass is 468 g/mol. The zero-order valence-corrected chi connectivity index (χ0v) is 18.6. The average molecular weight is 469 g/mol. The first-order chi connectivity index (χ1) is 15.6. The van der Waals surface area contributed by atoms with Crippen molar-refractivity contribution in [2.24, 2.45) is 0 Å². The standard InChI is InChI=1S/C22H21ClN6O2S/c23-15-8-6-14(7-9-15)18-13-32-22(26-18)27-19(30)12-24-10-3-11-25-20-16-4-1-2-5-17(16)21(31)29-28-20/h1-2,4-9,13,24H,3,10-12H2,(H,25,28)(H,29,31)(H,26,27,30). The van der Waals surface area contributed by atoms with Crippen molar-refractivity contribution in [1.82, 2.24) is 20.5 Å². The van der Waals surface area contributed by atoms with Crippen molar-refractivity contribution in [3.8, 4) is 11.3 Å². The lowest BCUT2D eigenvalue weighted by molar-refractivity contribution is -0.115. The Labute approximate surface area is 193 Å². The minimum Gasteiger partial charge on any atom is -0.368 e. The van der Waals surface area contributed by atoms with E-state index in [1.165, 1.54) is 11.3 Å². The highest BCUT2D eigenvalue weighted by atomic mass is 35.5. The van der Waals surface area contributed by atoms with Crippen molar-refractivity contribution >= 4 is 50.6 Å². The maximum absolute atomic E-state index is 12.2. The van der Waals surface area contributed by atoms with Crippen molar-refractivity contribution in [2.45, 2.75) is 6.42 Å². The number of carbonyl (C=O) groups is 1. The number of amides is 1. The van der Waals surface area contributed by atoms with Crippen LogP contribution in [0.5, 0.6) is 0 Å². The fourth-order valence-electron chi connectivity index (χ4n) is 3.12. The third kappa shape index (κ3) is 5.50. The summed E-state index contributed by atoms with van der Waals surface area (Å²) in [6, 6.07) is 14.7. The van der Waals surface area contributed by atoms with E-state index in [1.54, 1.807) is 6.07 Å². The predicted octanol–water partition coefficient (Wildman–Crippen LogP) is 3.73. The number of hydrogen-bond donors (Lipinski definition) is 4. The molecule has 0 aliphatic carbocycles. The Kier molecular flexibility index (Phi) is 7.10. The van der Waals surface area contributed by atoms with Gasteiger partial charge in [-0.25, -0.2) is 10.1 Å². The third-order valence-corrected chi connectivity index (χ3v) is 5.70. The summed E-state index contributed by atoms with van der Waals surface area (Å²) in [5.74, 6) is 0.487. The molecule has 0 unspecified atom stereocenters. The van der Waals surface area contributed by atoms with Gasteiger partial charge in [0.15, 0.2) is 10.9 Å². The van der Waals surface area contributed by atoms with Crippen molar-refractivity contribution in [1.29, 1.82) is 0 Å². The van der Waals surface area contributed by atoms with Crippen LogP contribution in [0.3, 0.4) is 0 Å². The molecule has 0 fully saturated rings. The summed E-state index contributed by atoms with van der Waals surface area (Å²) < 4.78 is 0. The molecule has 0 spiro atoms. The van der Waals surface area contributed by atoms with Gasteiger partial charge in [0.2, 0.25) is 5.91 Å². The van der Waals surface area contributed by atoms with Crippen molar-refractivity contribution in [2.75, 3.05) is 30.3 Å². The number of carbonyl (C=O) groups excluding carboxylic acids is 1. The molecule has 0 atom stereocenters. The van der Waals surface area contributed by atoms with Crippen molar-refractivity contribution in [3.63, 3.8) is 0 Å². The van der Waals surface area contributed by atoms with Gasteiger partial charge in [0.25, 0.3) is 5.56 Å². The number of nitrogens with one attached hydrogen (secondary N) is 4. The number of halogens is 1. The van der Waals surface area contributed by atoms with Crippen LogP contribution in [-0.4, -0.2) is 40.7 Å². The van der Waals surface area contributed by atoms with Gasteiger partial charge in [-0.2, -0.15) is 5.10 Å². The molecule has 1 amide bonds. The van der Waals surface area contributed by atoms with Crippen LogP contribution in [0.1, 0.15) is 6.42 Å². The smallest absolute Gasteiger partial charge is 0.272 e. The summed E-state index contributed by atoms with van der Waals surface area (Å²) in [5, 5.41) is 20.2. The van der Waals surface area contributed by atoms with Gasteiger partial charge in [0, 0.05) is 27.9 Å². The first-order valence-corrected chi connectivity index (χ1v) is 11.3. The molecule has 164 valence electrons. The molecular weight excluding hydrogens is 448 g/mol. The highest BCUT2D eigenvalue weighted by Crippen LogP contribution is 2.25. The molecule has 4 aromatic rings. The van der Waals surface area contributed by atoms with E-state index in [-0.39, 0.29) is 18.0 Å². The highest BCUT2D eigenvalue weighted by molar-refractivity contribution is 7.14. The molecule has 0 radical (unpaired) electrons. The second kappa shape index (κ2) is 10.4. The summed E-state index contributed by atoms with van der Waals surface area (Å²) in [7, 11) is 0. The SMILES string of the molecule is O=C(CNCCCNc1n[nH]c(=O)c2ccccc12)Nc1nc(-c2ccc(Cl)cc2)cs1. The fourth-order valence-corrected chi connectivity index (χ4v) is 3.98. The Bertz CT molecular complexity index is 1270. The summed E-state index contributed by atoms with van der Waals surface area (Å²) in [6.45, 7) is 1.49. The maximum Gasteiger partial charge on any atom is 0.272 e. The lowest BCUT2D eigenvalue weighted by Crippen LogP contribution is -2.29. The Hall–Kier alpha value is -3.27. The van der Waals surface area contributed by atoms with Crippen molar-refractivity contribution < 1.29 is 4.79 Å². The Morgan fingerprint density at radius 1 is 1.06 bits per heavy atom. The van der Waals surface area contributed by atoms with Crippen molar-refractivity contribution in [3.05, 3.63) is 69.3 Å². The van der Waals surface area contributed by atoms with Gasteiger partial charge in [-0.05, 0) is 31.2 Å². The van der Waals surface area contributed by atoms with Gasteiger partial charge in [0.1, 0.15) is 0 Å². The molecule has 0 aliphatic rings. The third-order valence-electron chi connectivity index (χ3n) is 4.69. The summed E-state index contributed by atoms with van der Waals surface area (Å²) in [5.41, 5.74) is 1.53. The van der Waals surface area contributed by atoms with E-state index in [0.717, 1.165) is 23.1 Å². The molecule has 2 heterocycles. The topological polar surface area (TPSA) is 112 Å². The molecule has 0 aliphatic heterocycles. The minimum absolute atomic E-state index is 0.150. The van der Waals surface area contributed by atoms with E-state index in [2.05, 4.69) is 31.1 Å². The summed E-state index contributed by atoms with van der Waals surface area (Å²) in [6.07, 6.45) is 0.778. The number of aromatic nitrogens is 3. The zero-order valence-electron chi connectivity index (χ0n) is 17.0. The van der Waals surface area contributed by atoms with E-state index in [0.29, 0.717) is 34.4 Å². The van der Waals surface area contributed by atoms with Crippen LogP contribution in [0, 0.1) is 0 Å². The molecule has 2 aromatic heterocycles. The number of thiazole rings is 1. The van der Waals surface area contributed by atoms with Gasteiger partial charge >= 0.3 is 0 Å². The largest absolute Gasteiger partial charge is 0.368 e. The Morgan fingerprint density at radius 3 is 2.66 bits per heavy atom. The molecule has 0 saturated heterocycles. The molecule has 10 heteroatoms. The second-order valence-corrected chi connectivity index (χ2v) is 8.29. The zero-order chi connectivity index (χ0) is 22.3. The van der Waals surface area contributed by atoms with E-state index in [9.17, 15) is 9.59 Å². The Morgan fingerprint density at radius 2 is 1.84 bits per heavy atom. The van der Waals surface area contributed by atoms with Gasteiger partial charge in [-0.3, -0.25) is 9.59 Å². The quantitative estimate of drug-likeness (QED) is 0.278. The molecule has 0 bridgehead atoms. The average Bonchev–Trinajstić information content (AvgIpc) is 3.26. The normalized spacial score (nSPS) is 10.9. The van der Waals surface area contributed by atoms with Crippen LogP contribution in [0.15, 0.2) is 58.7 Å². The van der Waals surface area contributed by atoms with Gasteiger partial charge in [0.05, 0.1) is 17.6 Å². The van der Waals surface area contributed by atoms with Gasteiger partial charge < -0.3 is 16.0 Å². The van der Waals surface area contributed by atoms with Gasteiger partial charge in [-0.15, -0.1) is 11.3 Å². The van der Waals surface area contributed by atoms with E-state index >= 15 is 0 Å². The van der Waals surface area contributed by atoms with Crippen LogP contribution in [0.25, 0.3) is 22.0 Å². The molecule has 2 aromatic carbocycles. The predicted molar refractivity (Wildman–Crippen MR) is 130 cm³/mol. The molecule has 0 saturated carbocycles. The highest BCUT2D eigenvalue weighted by Gasteiger charge is 2.08. The number of rotatable bonds is 9. The van der Waals surface area contributed by atoms with Crippen LogP contribution in [-0.2, 0) is 4.79 Å². The Balaban J connectivity index is 1.18. The van der Waals surface area contributed by atoms with E-state index in [1.807, 2.05) is 47.8 Å². The minimum atomic E-state index is -0.209.